The molecule has 0 saturated heterocycles. The molecule has 0 amide bonds. The smallest absolute Gasteiger partial charge is 0.323 e. The highest BCUT2D eigenvalue weighted by atomic mass is 31.2. The van der Waals surface area contributed by atoms with Gasteiger partial charge < -0.3 is 30.2 Å². The lowest BCUT2D eigenvalue weighted by Gasteiger charge is -2.24. The second-order valence-corrected chi connectivity index (χ2v) is 9.74. The topological polar surface area (TPSA) is 139 Å². The van der Waals surface area contributed by atoms with Crippen LogP contribution in [0.2, 0.25) is 0 Å². The van der Waals surface area contributed by atoms with Crippen molar-refractivity contribution in [1.29, 1.82) is 0 Å². The van der Waals surface area contributed by atoms with Crippen LogP contribution in [0, 0.1) is 0 Å². The maximum absolute atomic E-state index is 11.4. The molecule has 0 saturated carbocycles. The SMILES string of the molecule is CC(C)NC(CCCCC(NC(C)C)P(=O)(O)O)P(=O)(O)O. The molecule has 0 aromatic carbocycles. The first-order valence-electron chi connectivity index (χ1n) is 7.46. The Bertz CT molecular complexity index is 368. The summed E-state index contributed by atoms with van der Waals surface area (Å²) in [5.41, 5.74) is 0. The van der Waals surface area contributed by atoms with Crippen molar-refractivity contribution in [2.24, 2.45) is 0 Å². The summed E-state index contributed by atoms with van der Waals surface area (Å²) in [5, 5.41) is 5.68. The quantitative estimate of drug-likeness (QED) is 0.241. The van der Waals surface area contributed by atoms with Crippen LogP contribution in [0.4, 0.5) is 0 Å². The molecule has 0 bridgehead atoms. The normalized spacial score (nSPS) is 16.3. The molecule has 2 unspecified atom stereocenters. The van der Waals surface area contributed by atoms with E-state index in [1.54, 1.807) is 27.7 Å². The van der Waals surface area contributed by atoms with Gasteiger partial charge in [-0.2, -0.15) is 0 Å². The van der Waals surface area contributed by atoms with E-state index >= 15 is 0 Å². The van der Waals surface area contributed by atoms with Crippen molar-refractivity contribution in [2.45, 2.75) is 77.0 Å². The molecule has 0 fully saturated rings. The van der Waals surface area contributed by atoms with Gasteiger partial charge in [-0.15, -0.1) is 0 Å². The number of hydrogen-bond donors (Lipinski definition) is 6. The van der Waals surface area contributed by atoms with Gasteiger partial charge in [-0.1, -0.05) is 40.5 Å². The molecule has 134 valence electrons. The van der Waals surface area contributed by atoms with Crippen LogP contribution in [0.3, 0.4) is 0 Å². The fourth-order valence-electron chi connectivity index (χ4n) is 2.14. The fraction of sp³-hybridized carbons (Fsp3) is 1.00. The zero-order chi connectivity index (χ0) is 17.6. The van der Waals surface area contributed by atoms with Crippen molar-refractivity contribution in [1.82, 2.24) is 10.6 Å². The Balaban J connectivity index is 4.41. The Morgan fingerprint density at radius 1 is 0.727 bits per heavy atom. The minimum atomic E-state index is -4.23. The van der Waals surface area contributed by atoms with E-state index < -0.39 is 26.8 Å². The minimum Gasteiger partial charge on any atom is -0.323 e. The molecule has 0 aliphatic heterocycles. The van der Waals surface area contributed by atoms with Gasteiger partial charge in [0.25, 0.3) is 0 Å². The van der Waals surface area contributed by atoms with Gasteiger partial charge in [0.2, 0.25) is 0 Å². The Labute approximate surface area is 132 Å². The first-order valence-corrected chi connectivity index (χ1v) is 10.8. The summed E-state index contributed by atoms with van der Waals surface area (Å²) in [7, 11) is -8.46. The van der Waals surface area contributed by atoms with Gasteiger partial charge >= 0.3 is 15.2 Å². The average molecular weight is 360 g/mol. The van der Waals surface area contributed by atoms with Crippen LogP contribution in [0.1, 0.15) is 53.4 Å². The third kappa shape index (κ3) is 10.1. The predicted octanol–water partition coefficient (Wildman–Crippen LogP) is 1.55. The van der Waals surface area contributed by atoms with Crippen molar-refractivity contribution in [2.75, 3.05) is 0 Å². The Morgan fingerprint density at radius 3 is 1.18 bits per heavy atom. The lowest BCUT2D eigenvalue weighted by molar-refractivity contribution is 0.323. The molecule has 10 heteroatoms. The van der Waals surface area contributed by atoms with Crippen LogP contribution in [-0.4, -0.2) is 43.2 Å². The zero-order valence-corrected chi connectivity index (χ0v) is 15.4. The zero-order valence-electron chi connectivity index (χ0n) is 13.6. The van der Waals surface area contributed by atoms with E-state index in [0.29, 0.717) is 12.8 Å². The van der Waals surface area contributed by atoms with E-state index in [-0.39, 0.29) is 24.9 Å². The number of unbranched alkanes of at least 4 members (excludes halogenated alkanes) is 1. The van der Waals surface area contributed by atoms with Gasteiger partial charge in [-0.25, -0.2) is 0 Å². The Morgan fingerprint density at radius 2 is 1.00 bits per heavy atom. The van der Waals surface area contributed by atoms with Crippen molar-refractivity contribution in [3.63, 3.8) is 0 Å². The van der Waals surface area contributed by atoms with Crippen LogP contribution in [-0.2, 0) is 9.13 Å². The van der Waals surface area contributed by atoms with Crippen molar-refractivity contribution < 1.29 is 28.7 Å². The second kappa shape index (κ2) is 9.50. The van der Waals surface area contributed by atoms with Crippen LogP contribution in [0.5, 0.6) is 0 Å². The minimum absolute atomic E-state index is 0.0527. The van der Waals surface area contributed by atoms with Gasteiger partial charge in [-0.3, -0.25) is 9.13 Å². The first-order chi connectivity index (χ1) is 9.84. The molecule has 0 aliphatic rings. The van der Waals surface area contributed by atoms with Gasteiger partial charge in [0.15, 0.2) is 0 Å². The summed E-state index contributed by atoms with van der Waals surface area (Å²) in [6.45, 7) is 7.22. The number of hydrogen-bond acceptors (Lipinski definition) is 4. The average Bonchev–Trinajstić information content (AvgIpc) is 2.27. The van der Waals surface area contributed by atoms with Gasteiger partial charge in [0.1, 0.15) is 11.6 Å². The van der Waals surface area contributed by atoms with E-state index in [1.165, 1.54) is 0 Å². The highest BCUT2D eigenvalue weighted by molar-refractivity contribution is 7.52. The van der Waals surface area contributed by atoms with Crippen LogP contribution in [0.25, 0.3) is 0 Å². The standard InChI is InChI=1S/C12H30N2O6P2/c1-9(2)13-11(21(15,16)17)7-5-6-8-12(14-10(3)4)22(18,19)20/h9-14H,5-8H2,1-4H3,(H2,15,16,17)(H2,18,19,20). The summed E-state index contributed by atoms with van der Waals surface area (Å²) < 4.78 is 22.8. The lowest BCUT2D eigenvalue weighted by Crippen LogP contribution is -2.35. The van der Waals surface area contributed by atoms with Crippen LogP contribution < -0.4 is 10.6 Å². The molecule has 22 heavy (non-hydrogen) atoms. The summed E-state index contributed by atoms with van der Waals surface area (Å²) in [5.74, 6) is -1.84. The molecular weight excluding hydrogens is 330 g/mol. The van der Waals surface area contributed by atoms with Gasteiger partial charge in [-0.05, 0) is 12.8 Å². The maximum atomic E-state index is 11.4. The van der Waals surface area contributed by atoms with Crippen molar-refractivity contribution in [3.05, 3.63) is 0 Å². The summed E-state index contributed by atoms with van der Waals surface area (Å²) in [6.07, 6.45) is 1.48. The molecule has 0 radical (unpaired) electrons. The number of nitrogens with one attached hydrogen (secondary N) is 2. The summed E-state index contributed by atoms with van der Waals surface area (Å²) in [4.78, 5) is 37.2. The largest absolute Gasteiger partial charge is 0.342 e. The summed E-state index contributed by atoms with van der Waals surface area (Å²) >= 11 is 0. The van der Waals surface area contributed by atoms with Crippen LogP contribution >= 0.6 is 15.2 Å². The van der Waals surface area contributed by atoms with E-state index in [0.717, 1.165) is 0 Å². The second-order valence-electron chi connectivity index (χ2n) is 6.14. The highest BCUT2D eigenvalue weighted by Gasteiger charge is 2.30. The fourth-order valence-corrected chi connectivity index (χ4v) is 4.16. The molecule has 0 spiro atoms. The van der Waals surface area contributed by atoms with E-state index in [1.807, 2.05) is 0 Å². The number of rotatable bonds is 11. The molecule has 0 rings (SSSR count). The summed E-state index contributed by atoms with van der Waals surface area (Å²) in [6, 6.07) is -0.105. The van der Waals surface area contributed by atoms with E-state index in [9.17, 15) is 28.7 Å². The maximum Gasteiger partial charge on any atom is 0.342 e. The van der Waals surface area contributed by atoms with Gasteiger partial charge in [0, 0.05) is 12.1 Å². The molecule has 0 aliphatic carbocycles. The van der Waals surface area contributed by atoms with Crippen LogP contribution in [0.15, 0.2) is 0 Å². The third-order valence-electron chi connectivity index (χ3n) is 3.07. The van der Waals surface area contributed by atoms with E-state index in [2.05, 4.69) is 10.6 Å². The van der Waals surface area contributed by atoms with Crippen molar-refractivity contribution in [3.8, 4) is 0 Å². The molecule has 0 aromatic rings. The molecule has 6 N–H and O–H groups in total. The van der Waals surface area contributed by atoms with Crippen molar-refractivity contribution >= 4 is 15.2 Å². The van der Waals surface area contributed by atoms with E-state index in [4.69, 9.17) is 0 Å². The molecular formula is C12H30N2O6P2. The first kappa shape index (κ1) is 22.2. The lowest BCUT2D eigenvalue weighted by atomic mass is 10.2. The monoisotopic (exact) mass is 360 g/mol. The molecule has 2 atom stereocenters. The molecule has 8 nitrogen and oxygen atoms in total. The highest BCUT2D eigenvalue weighted by Crippen LogP contribution is 2.44. The molecule has 0 heterocycles. The Hall–Kier alpha value is 0.220. The Kier molecular flexibility index (Phi) is 9.59. The predicted molar refractivity (Wildman–Crippen MR) is 86.7 cm³/mol. The van der Waals surface area contributed by atoms with Gasteiger partial charge in [0.05, 0.1) is 0 Å². The third-order valence-corrected chi connectivity index (χ3v) is 5.51. The molecule has 0 aromatic heterocycles.